The summed E-state index contributed by atoms with van der Waals surface area (Å²) >= 11 is 4.88. The molecule has 4 rings (SSSR count). The standard InChI is InChI=1S/C17H16BrN3O3S2/c18-13-5-7-14(8-6-13)26(22,23)21-9-1-3-12(11-21)17-19-16(20-24-17)15-4-2-10-25-15/h2,4-8,10,12H,1,3,9,11H2. The molecule has 9 heteroatoms. The van der Waals surface area contributed by atoms with Crippen LogP contribution in [-0.2, 0) is 10.0 Å². The van der Waals surface area contributed by atoms with Gasteiger partial charge >= 0.3 is 0 Å². The van der Waals surface area contributed by atoms with E-state index in [1.54, 1.807) is 35.6 Å². The minimum atomic E-state index is -3.53. The van der Waals surface area contributed by atoms with Crippen LogP contribution in [0.15, 0.2) is 55.7 Å². The summed E-state index contributed by atoms with van der Waals surface area (Å²) in [6.07, 6.45) is 1.59. The van der Waals surface area contributed by atoms with Crippen LogP contribution >= 0.6 is 27.3 Å². The molecule has 3 aromatic rings. The molecule has 0 N–H and O–H groups in total. The SMILES string of the molecule is O=S(=O)(c1ccc(Br)cc1)N1CCCC(c2nc(-c3cccs3)no2)C1. The number of halogens is 1. The minimum Gasteiger partial charge on any atom is -0.339 e. The van der Waals surface area contributed by atoms with Crippen molar-refractivity contribution in [2.75, 3.05) is 13.1 Å². The van der Waals surface area contributed by atoms with Crippen LogP contribution in [0.1, 0.15) is 24.7 Å². The lowest BCUT2D eigenvalue weighted by Gasteiger charge is -2.30. The Morgan fingerprint density at radius 3 is 2.77 bits per heavy atom. The van der Waals surface area contributed by atoms with Crippen LogP contribution in [0.5, 0.6) is 0 Å². The molecular weight excluding hydrogens is 438 g/mol. The highest BCUT2D eigenvalue weighted by atomic mass is 79.9. The lowest BCUT2D eigenvalue weighted by atomic mass is 10.00. The van der Waals surface area contributed by atoms with Crippen LogP contribution in [0.4, 0.5) is 0 Å². The fourth-order valence-electron chi connectivity index (χ4n) is 3.02. The first-order valence-electron chi connectivity index (χ1n) is 8.17. The summed E-state index contributed by atoms with van der Waals surface area (Å²) in [5.41, 5.74) is 0. The van der Waals surface area contributed by atoms with E-state index < -0.39 is 10.0 Å². The molecule has 0 amide bonds. The van der Waals surface area contributed by atoms with Crippen LogP contribution in [0.3, 0.4) is 0 Å². The van der Waals surface area contributed by atoms with Gasteiger partial charge in [-0.3, -0.25) is 0 Å². The minimum absolute atomic E-state index is 0.0878. The van der Waals surface area contributed by atoms with E-state index in [1.165, 1.54) is 4.31 Å². The zero-order valence-electron chi connectivity index (χ0n) is 13.7. The molecule has 1 aliphatic rings. The molecule has 6 nitrogen and oxygen atoms in total. The van der Waals surface area contributed by atoms with Gasteiger partial charge in [-0.15, -0.1) is 11.3 Å². The number of aromatic nitrogens is 2. The molecule has 1 aromatic carbocycles. The molecule has 2 aromatic heterocycles. The van der Waals surface area contributed by atoms with Gasteiger partial charge in [0, 0.05) is 17.6 Å². The second-order valence-electron chi connectivity index (χ2n) is 6.09. The molecule has 0 saturated carbocycles. The number of benzene rings is 1. The van der Waals surface area contributed by atoms with Crippen LogP contribution in [0.25, 0.3) is 10.7 Å². The molecule has 0 radical (unpaired) electrons. The highest BCUT2D eigenvalue weighted by Gasteiger charge is 2.33. The highest BCUT2D eigenvalue weighted by molar-refractivity contribution is 9.10. The van der Waals surface area contributed by atoms with Crippen molar-refractivity contribution in [3.05, 3.63) is 52.1 Å². The number of sulfonamides is 1. The Bertz CT molecular complexity index is 985. The van der Waals surface area contributed by atoms with Gasteiger partial charge in [-0.25, -0.2) is 8.42 Å². The van der Waals surface area contributed by atoms with E-state index in [9.17, 15) is 8.42 Å². The van der Waals surface area contributed by atoms with Crippen molar-refractivity contribution in [2.45, 2.75) is 23.7 Å². The Labute approximate surface area is 164 Å². The summed E-state index contributed by atoms with van der Waals surface area (Å²) in [5, 5.41) is 6.00. The Hall–Kier alpha value is -1.55. The Morgan fingerprint density at radius 2 is 2.04 bits per heavy atom. The third-order valence-electron chi connectivity index (χ3n) is 4.37. The molecule has 1 saturated heterocycles. The van der Waals surface area contributed by atoms with Gasteiger partial charge in [0.1, 0.15) is 0 Å². The molecule has 26 heavy (non-hydrogen) atoms. The number of hydrogen-bond acceptors (Lipinski definition) is 6. The predicted molar refractivity (Wildman–Crippen MR) is 102 cm³/mol. The summed E-state index contributed by atoms with van der Waals surface area (Å²) in [7, 11) is -3.53. The van der Waals surface area contributed by atoms with E-state index >= 15 is 0 Å². The van der Waals surface area contributed by atoms with Gasteiger partial charge in [-0.05, 0) is 48.6 Å². The van der Waals surface area contributed by atoms with E-state index in [4.69, 9.17) is 4.52 Å². The second-order valence-corrected chi connectivity index (χ2v) is 9.89. The van der Waals surface area contributed by atoms with Gasteiger partial charge in [0.25, 0.3) is 0 Å². The topological polar surface area (TPSA) is 76.3 Å². The van der Waals surface area contributed by atoms with Crippen LogP contribution in [-0.4, -0.2) is 36.0 Å². The largest absolute Gasteiger partial charge is 0.339 e. The van der Waals surface area contributed by atoms with Crippen molar-refractivity contribution in [2.24, 2.45) is 0 Å². The molecule has 1 fully saturated rings. The molecule has 1 aliphatic heterocycles. The smallest absolute Gasteiger partial charge is 0.243 e. The second kappa shape index (κ2) is 7.22. The van der Waals surface area contributed by atoms with E-state index in [0.717, 1.165) is 22.2 Å². The molecule has 1 unspecified atom stereocenters. The molecule has 0 spiro atoms. The zero-order valence-corrected chi connectivity index (χ0v) is 16.9. The number of piperidine rings is 1. The van der Waals surface area contributed by atoms with Gasteiger partial charge in [0.05, 0.1) is 15.7 Å². The summed E-state index contributed by atoms with van der Waals surface area (Å²) in [6.45, 7) is 0.852. The summed E-state index contributed by atoms with van der Waals surface area (Å²) in [6, 6.07) is 10.6. The summed E-state index contributed by atoms with van der Waals surface area (Å²) in [5.74, 6) is 0.974. The van der Waals surface area contributed by atoms with Gasteiger partial charge in [-0.2, -0.15) is 9.29 Å². The normalized spacial score (nSPS) is 18.9. The molecule has 0 aliphatic carbocycles. The average molecular weight is 454 g/mol. The number of thiophene rings is 1. The van der Waals surface area contributed by atoms with Crippen LogP contribution in [0.2, 0.25) is 0 Å². The van der Waals surface area contributed by atoms with Crippen molar-refractivity contribution < 1.29 is 12.9 Å². The maximum absolute atomic E-state index is 12.9. The number of hydrogen-bond donors (Lipinski definition) is 0. The van der Waals surface area contributed by atoms with Crippen molar-refractivity contribution >= 4 is 37.3 Å². The maximum Gasteiger partial charge on any atom is 0.243 e. The third-order valence-corrected chi connectivity index (χ3v) is 7.64. The highest BCUT2D eigenvalue weighted by Crippen LogP contribution is 2.31. The fourth-order valence-corrected chi connectivity index (χ4v) is 5.46. The van der Waals surface area contributed by atoms with Gasteiger partial charge in [0.15, 0.2) is 0 Å². The third kappa shape index (κ3) is 3.48. The van der Waals surface area contributed by atoms with Gasteiger partial charge in [0.2, 0.25) is 21.7 Å². The van der Waals surface area contributed by atoms with E-state index in [2.05, 4.69) is 26.1 Å². The molecule has 136 valence electrons. The monoisotopic (exact) mass is 453 g/mol. The van der Waals surface area contributed by atoms with Gasteiger partial charge in [-0.1, -0.05) is 27.2 Å². The summed E-state index contributed by atoms with van der Waals surface area (Å²) < 4.78 is 33.6. The molecule has 3 heterocycles. The Kier molecular flexibility index (Phi) is 4.96. The van der Waals surface area contributed by atoms with Crippen molar-refractivity contribution in [1.82, 2.24) is 14.4 Å². The Morgan fingerprint density at radius 1 is 1.23 bits per heavy atom. The lowest BCUT2D eigenvalue weighted by molar-refractivity contribution is 0.265. The van der Waals surface area contributed by atoms with Crippen molar-refractivity contribution in [3.63, 3.8) is 0 Å². The maximum atomic E-state index is 12.9. The van der Waals surface area contributed by atoms with Gasteiger partial charge < -0.3 is 4.52 Å². The Balaban J connectivity index is 1.55. The van der Waals surface area contributed by atoms with E-state index in [1.807, 2.05) is 17.5 Å². The first-order valence-corrected chi connectivity index (χ1v) is 11.3. The number of nitrogens with zero attached hydrogens (tertiary/aromatic N) is 3. The van der Waals surface area contributed by atoms with E-state index in [0.29, 0.717) is 29.7 Å². The fraction of sp³-hybridized carbons (Fsp3) is 0.294. The molecule has 1 atom stereocenters. The van der Waals surface area contributed by atoms with Crippen LogP contribution < -0.4 is 0 Å². The molecule has 0 bridgehead atoms. The number of rotatable bonds is 4. The first-order chi connectivity index (χ1) is 12.5. The average Bonchev–Trinajstić information content (AvgIpc) is 3.34. The summed E-state index contributed by atoms with van der Waals surface area (Å²) in [4.78, 5) is 5.72. The van der Waals surface area contributed by atoms with Crippen molar-refractivity contribution in [3.8, 4) is 10.7 Å². The predicted octanol–water partition coefficient (Wildman–Crippen LogP) is 4.13. The molecular formula is C17H16BrN3O3S2. The van der Waals surface area contributed by atoms with Crippen molar-refractivity contribution in [1.29, 1.82) is 0 Å². The zero-order chi connectivity index (χ0) is 18.1. The quantitative estimate of drug-likeness (QED) is 0.593. The van der Waals surface area contributed by atoms with Crippen LogP contribution in [0, 0.1) is 0 Å². The first kappa shape index (κ1) is 17.8. The van der Waals surface area contributed by atoms with E-state index in [-0.39, 0.29) is 5.92 Å². The lowest BCUT2D eigenvalue weighted by Crippen LogP contribution is -2.39.